The lowest BCUT2D eigenvalue weighted by Crippen LogP contribution is -2.51. The number of ether oxygens (including phenoxy) is 3. The first-order valence-corrected chi connectivity index (χ1v) is 13.9. The van der Waals surface area contributed by atoms with E-state index in [4.69, 9.17) is 14.2 Å². The summed E-state index contributed by atoms with van der Waals surface area (Å²) in [6.07, 6.45) is 8.74. The second kappa shape index (κ2) is 12.5. The molecular formula is C29H42INO4. The molecule has 3 rings (SSSR count). The van der Waals surface area contributed by atoms with Crippen molar-refractivity contribution in [3.8, 4) is 0 Å². The molecule has 35 heavy (non-hydrogen) atoms. The van der Waals surface area contributed by atoms with Crippen LogP contribution in [0.15, 0.2) is 51.6 Å². The largest absolute Gasteiger partial charge is 0.361 e. The SMILES string of the molecule is C/C(=C\C[C@@H](C)/C=C(/I)CN1CCC[C@H]1[C@](C)(C=O)OCc1ccccc1)[C@H]1OC(C)(C)O[C@@H]1C. The lowest BCUT2D eigenvalue weighted by molar-refractivity contribution is -0.142. The Morgan fingerprint density at radius 1 is 1.31 bits per heavy atom. The second-order valence-corrected chi connectivity index (χ2v) is 12.1. The van der Waals surface area contributed by atoms with Gasteiger partial charge >= 0.3 is 0 Å². The van der Waals surface area contributed by atoms with Crippen molar-refractivity contribution in [2.24, 2.45) is 5.92 Å². The average Bonchev–Trinajstić information content (AvgIpc) is 3.39. The van der Waals surface area contributed by atoms with Crippen LogP contribution in [0.3, 0.4) is 0 Å². The van der Waals surface area contributed by atoms with E-state index in [-0.39, 0.29) is 18.2 Å². The van der Waals surface area contributed by atoms with Crippen molar-refractivity contribution in [2.45, 2.75) is 97.0 Å². The minimum Gasteiger partial charge on any atom is -0.361 e. The van der Waals surface area contributed by atoms with E-state index in [9.17, 15) is 4.79 Å². The predicted octanol–water partition coefficient (Wildman–Crippen LogP) is 6.46. The molecule has 2 fully saturated rings. The smallest absolute Gasteiger partial charge is 0.164 e. The van der Waals surface area contributed by atoms with Crippen LogP contribution in [0, 0.1) is 5.92 Å². The van der Waals surface area contributed by atoms with Crippen LogP contribution < -0.4 is 0 Å². The number of allylic oxidation sites excluding steroid dienone is 2. The van der Waals surface area contributed by atoms with E-state index in [1.54, 1.807) is 0 Å². The highest BCUT2D eigenvalue weighted by Gasteiger charge is 2.42. The Kier molecular flexibility index (Phi) is 10.1. The molecule has 0 spiro atoms. The molecule has 0 amide bonds. The number of carbonyl (C=O) groups excluding carboxylic acids is 1. The second-order valence-electron chi connectivity index (χ2n) is 10.7. The molecule has 1 aromatic rings. The van der Waals surface area contributed by atoms with Crippen molar-refractivity contribution in [2.75, 3.05) is 13.1 Å². The Morgan fingerprint density at radius 2 is 2.03 bits per heavy atom. The van der Waals surface area contributed by atoms with E-state index in [1.807, 2.05) is 51.1 Å². The zero-order valence-corrected chi connectivity index (χ0v) is 24.3. The fraction of sp³-hybridized carbons (Fsp3) is 0.621. The maximum absolute atomic E-state index is 12.2. The molecule has 2 heterocycles. The quantitative estimate of drug-likeness (QED) is 0.167. The molecule has 0 radical (unpaired) electrons. The summed E-state index contributed by atoms with van der Waals surface area (Å²) in [7, 11) is 0. The Bertz CT molecular complexity index is 899. The summed E-state index contributed by atoms with van der Waals surface area (Å²) in [6, 6.07) is 10.1. The van der Waals surface area contributed by atoms with Crippen LogP contribution in [0.5, 0.6) is 0 Å². The fourth-order valence-corrected chi connectivity index (χ4v) is 6.25. The number of nitrogens with zero attached hydrogens (tertiary/aromatic N) is 1. The number of rotatable bonds is 11. The maximum atomic E-state index is 12.2. The van der Waals surface area contributed by atoms with Crippen LogP contribution in [0.1, 0.15) is 66.4 Å². The first-order chi connectivity index (χ1) is 16.5. The van der Waals surface area contributed by atoms with Gasteiger partial charge in [-0.1, -0.05) is 49.4 Å². The van der Waals surface area contributed by atoms with E-state index in [0.29, 0.717) is 12.5 Å². The molecule has 0 N–H and O–H groups in total. The van der Waals surface area contributed by atoms with Crippen LogP contribution in [0.2, 0.25) is 0 Å². The van der Waals surface area contributed by atoms with Crippen molar-refractivity contribution in [3.05, 3.63) is 57.2 Å². The molecule has 2 aliphatic heterocycles. The molecule has 2 aliphatic rings. The van der Waals surface area contributed by atoms with E-state index in [0.717, 1.165) is 44.2 Å². The Balaban J connectivity index is 1.56. The Hall–Kier alpha value is -1.06. The lowest BCUT2D eigenvalue weighted by atomic mass is 9.95. The van der Waals surface area contributed by atoms with Gasteiger partial charge in [-0.05, 0) is 100 Å². The van der Waals surface area contributed by atoms with Gasteiger partial charge in [-0.3, -0.25) is 4.90 Å². The number of benzene rings is 1. The fourth-order valence-electron chi connectivity index (χ4n) is 5.20. The molecule has 0 bridgehead atoms. The van der Waals surface area contributed by atoms with Crippen molar-refractivity contribution >= 4 is 28.9 Å². The van der Waals surface area contributed by atoms with Crippen LogP contribution in [0.4, 0.5) is 0 Å². The third kappa shape index (κ3) is 7.96. The summed E-state index contributed by atoms with van der Waals surface area (Å²) in [5.74, 6) is -0.108. The van der Waals surface area contributed by atoms with Crippen molar-refractivity contribution in [1.82, 2.24) is 4.90 Å². The van der Waals surface area contributed by atoms with E-state index in [1.165, 1.54) is 9.15 Å². The van der Waals surface area contributed by atoms with E-state index < -0.39 is 11.4 Å². The minimum absolute atomic E-state index is 0.0162. The summed E-state index contributed by atoms with van der Waals surface area (Å²) >= 11 is 2.46. The summed E-state index contributed by atoms with van der Waals surface area (Å²) in [5.41, 5.74) is 1.50. The number of aldehydes is 1. The monoisotopic (exact) mass is 595 g/mol. The number of hydrogen-bond donors (Lipinski definition) is 0. The highest BCUT2D eigenvalue weighted by atomic mass is 127. The van der Waals surface area contributed by atoms with Gasteiger partial charge < -0.3 is 19.0 Å². The number of likely N-dealkylation sites (tertiary alicyclic amines) is 1. The van der Waals surface area contributed by atoms with Gasteiger partial charge in [0.05, 0.1) is 12.7 Å². The molecular weight excluding hydrogens is 553 g/mol. The van der Waals surface area contributed by atoms with Gasteiger partial charge in [0.1, 0.15) is 11.7 Å². The van der Waals surface area contributed by atoms with Crippen molar-refractivity contribution in [1.29, 1.82) is 0 Å². The lowest BCUT2D eigenvalue weighted by Gasteiger charge is -2.36. The van der Waals surface area contributed by atoms with Gasteiger partial charge in [0.2, 0.25) is 0 Å². The molecule has 0 unspecified atom stereocenters. The number of hydrogen-bond acceptors (Lipinski definition) is 5. The van der Waals surface area contributed by atoms with Gasteiger partial charge in [-0.25, -0.2) is 0 Å². The van der Waals surface area contributed by atoms with Gasteiger partial charge in [-0.2, -0.15) is 0 Å². The maximum Gasteiger partial charge on any atom is 0.164 e. The number of carbonyl (C=O) groups is 1. The molecule has 2 saturated heterocycles. The molecule has 194 valence electrons. The van der Waals surface area contributed by atoms with E-state index >= 15 is 0 Å². The van der Waals surface area contributed by atoms with Gasteiger partial charge in [0.15, 0.2) is 12.1 Å². The first-order valence-electron chi connectivity index (χ1n) is 12.8. The van der Waals surface area contributed by atoms with Crippen LogP contribution >= 0.6 is 22.6 Å². The molecule has 5 nitrogen and oxygen atoms in total. The highest BCUT2D eigenvalue weighted by Crippen LogP contribution is 2.33. The molecule has 5 atom stereocenters. The topological polar surface area (TPSA) is 48.0 Å². The Labute approximate surface area is 225 Å². The Morgan fingerprint density at radius 3 is 2.66 bits per heavy atom. The van der Waals surface area contributed by atoms with Crippen molar-refractivity contribution < 1.29 is 19.0 Å². The number of halogens is 1. The van der Waals surface area contributed by atoms with Gasteiger partial charge in [0.25, 0.3) is 0 Å². The van der Waals surface area contributed by atoms with Crippen LogP contribution in [-0.4, -0.2) is 53.9 Å². The summed E-state index contributed by atoms with van der Waals surface area (Å²) in [4.78, 5) is 14.6. The molecule has 0 aliphatic carbocycles. The summed E-state index contributed by atoms with van der Waals surface area (Å²) in [6.45, 7) is 14.6. The summed E-state index contributed by atoms with van der Waals surface area (Å²) < 4.78 is 19.5. The van der Waals surface area contributed by atoms with Crippen LogP contribution in [-0.2, 0) is 25.6 Å². The highest BCUT2D eigenvalue weighted by molar-refractivity contribution is 14.1. The van der Waals surface area contributed by atoms with Crippen LogP contribution in [0.25, 0.3) is 0 Å². The third-order valence-corrected chi connectivity index (χ3v) is 7.74. The zero-order valence-electron chi connectivity index (χ0n) is 22.1. The third-order valence-electron chi connectivity index (χ3n) is 7.04. The van der Waals surface area contributed by atoms with Crippen molar-refractivity contribution in [3.63, 3.8) is 0 Å². The van der Waals surface area contributed by atoms with Gasteiger partial charge in [-0.15, -0.1) is 0 Å². The van der Waals surface area contributed by atoms with E-state index in [2.05, 4.69) is 60.4 Å². The predicted molar refractivity (Wildman–Crippen MR) is 149 cm³/mol. The zero-order chi connectivity index (χ0) is 25.6. The molecule has 1 aromatic carbocycles. The summed E-state index contributed by atoms with van der Waals surface area (Å²) in [5, 5.41) is 0. The average molecular weight is 596 g/mol. The first kappa shape index (κ1) is 28.5. The molecule has 6 heteroatoms. The molecule has 0 saturated carbocycles. The van der Waals surface area contributed by atoms with Gasteiger partial charge in [0, 0.05) is 16.2 Å². The normalized spacial score (nSPS) is 28.1. The minimum atomic E-state index is -0.817. The standard InChI is InChI=1S/C29H42INO4/c1-21(14-15-22(2)27-23(3)34-28(4,5)35-27)17-25(30)18-31-16-10-13-26(31)29(6,20-32)33-19-24-11-8-7-9-12-24/h7-9,11-12,15,17,20-21,23,26-27H,10,13-14,16,18-19H2,1-6H3/b22-15+,25-17+/t21-,23-,26+,27-,29+/m1/s1. The molecule has 0 aromatic heterocycles.